The number of hydrogen-bond donors (Lipinski definition) is 2. The van der Waals surface area contributed by atoms with Crippen molar-refractivity contribution in [2.24, 2.45) is 0 Å². The van der Waals surface area contributed by atoms with Crippen LogP contribution in [-0.2, 0) is 5.54 Å². The van der Waals surface area contributed by atoms with Crippen molar-refractivity contribution in [2.75, 3.05) is 11.1 Å². The third-order valence-corrected chi connectivity index (χ3v) is 3.74. The summed E-state index contributed by atoms with van der Waals surface area (Å²) in [5.74, 6) is 0. The van der Waals surface area contributed by atoms with Crippen LogP contribution >= 0.6 is 11.3 Å². The van der Waals surface area contributed by atoms with Gasteiger partial charge in [-0.3, -0.25) is 0 Å². The maximum atomic E-state index is 8.96. The van der Waals surface area contributed by atoms with Crippen LogP contribution in [0.15, 0.2) is 29.8 Å². The van der Waals surface area contributed by atoms with E-state index < -0.39 is 0 Å². The van der Waals surface area contributed by atoms with Crippen LogP contribution in [0.4, 0.5) is 11.4 Å². The molecule has 0 amide bonds. The third-order valence-electron chi connectivity index (χ3n) is 2.64. The van der Waals surface area contributed by atoms with Gasteiger partial charge >= 0.3 is 0 Å². The lowest BCUT2D eigenvalue weighted by atomic mass is 10.0. The predicted molar refractivity (Wildman–Crippen MR) is 74.3 cm³/mol. The van der Waals surface area contributed by atoms with Crippen LogP contribution in [0.5, 0.6) is 0 Å². The van der Waals surface area contributed by atoms with Crippen LogP contribution < -0.4 is 11.1 Å². The van der Waals surface area contributed by atoms with E-state index in [9.17, 15) is 0 Å². The molecule has 0 saturated heterocycles. The first kappa shape index (κ1) is 12.4. The molecule has 0 aliphatic heterocycles. The van der Waals surface area contributed by atoms with Crippen LogP contribution in [0.1, 0.15) is 24.4 Å². The molecule has 0 atom stereocenters. The highest BCUT2D eigenvalue weighted by molar-refractivity contribution is 7.09. The normalized spacial score (nSPS) is 10.9. The highest BCUT2D eigenvalue weighted by Crippen LogP contribution is 2.31. The zero-order valence-electron chi connectivity index (χ0n) is 10.3. The number of aromatic nitrogens is 1. The summed E-state index contributed by atoms with van der Waals surface area (Å²) in [6.45, 7) is 4.06. The molecule has 2 rings (SSSR count). The summed E-state index contributed by atoms with van der Waals surface area (Å²) in [6, 6.07) is 7.46. The SMILES string of the molecule is CC(C)(Nc1cccc(C#N)c1N)c1nccs1. The van der Waals surface area contributed by atoms with Crippen molar-refractivity contribution in [3.05, 3.63) is 40.3 Å². The van der Waals surface area contributed by atoms with Crippen LogP contribution in [0, 0.1) is 11.3 Å². The monoisotopic (exact) mass is 258 g/mol. The van der Waals surface area contributed by atoms with Crippen LogP contribution in [0.3, 0.4) is 0 Å². The molecule has 0 aliphatic rings. The smallest absolute Gasteiger partial charge is 0.117 e. The number of nitrogens with two attached hydrogens (primary N) is 1. The predicted octanol–water partition coefficient (Wildman–Crippen LogP) is 2.94. The van der Waals surface area contributed by atoms with Gasteiger partial charge < -0.3 is 11.1 Å². The molecule has 2 aromatic rings. The number of anilines is 2. The summed E-state index contributed by atoms with van der Waals surface area (Å²) >= 11 is 1.59. The first-order valence-electron chi connectivity index (χ1n) is 5.51. The van der Waals surface area contributed by atoms with Gasteiger partial charge in [-0.15, -0.1) is 11.3 Å². The van der Waals surface area contributed by atoms with Gasteiger partial charge in [-0.25, -0.2) is 4.98 Å². The van der Waals surface area contributed by atoms with Crippen molar-refractivity contribution in [2.45, 2.75) is 19.4 Å². The van der Waals surface area contributed by atoms with Gasteiger partial charge in [-0.05, 0) is 26.0 Å². The Kier molecular flexibility index (Phi) is 3.21. The Morgan fingerprint density at radius 3 is 2.83 bits per heavy atom. The van der Waals surface area contributed by atoms with Crippen LogP contribution in [0.2, 0.25) is 0 Å². The number of para-hydroxylation sites is 1. The van der Waals surface area contributed by atoms with E-state index in [2.05, 4.69) is 16.4 Å². The van der Waals surface area contributed by atoms with E-state index in [4.69, 9.17) is 11.0 Å². The zero-order valence-corrected chi connectivity index (χ0v) is 11.1. The highest BCUT2D eigenvalue weighted by atomic mass is 32.1. The second-order valence-corrected chi connectivity index (χ2v) is 5.36. The average molecular weight is 258 g/mol. The number of nitrogens with zero attached hydrogens (tertiary/aromatic N) is 2. The number of rotatable bonds is 3. The van der Waals surface area contributed by atoms with Gasteiger partial charge in [0.1, 0.15) is 11.1 Å². The Labute approximate surface area is 110 Å². The summed E-state index contributed by atoms with van der Waals surface area (Å²) in [5, 5.41) is 15.2. The van der Waals surface area contributed by atoms with Crippen LogP contribution in [-0.4, -0.2) is 4.98 Å². The largest absolute Gasteiger partial charge is 0.396 e. The summed E-state index contributed by atoms with van der Waals surface area (Å²) in [4.78, 5) is 4.31. The molecule has 0 unspecified atom stereocenters. The Bertz CT molecular complexity index is 582. The molecule has 18 heavy (non-hydrogen) atoms. The van der Waals surface area contributed by atoms with Crippen molar-refractivity contribution in [3.8, 4) is 6.07 Å². The maximum absolute atomic E-state index is 8.96. The fourth-order valence-electron chi connectivity index (χ4n) is 1.69. The van der Waals surface area contributed by atoms with Gasteiger partial charge in [0.2, 0.25) is 0 Å². The second-order valence-electron chi connectivity index (χ2n) is 4.47. The Morgan fingerprint density at radius 1 is 1.44 bits per heavy atom. The molecular formula is C13H14N4S. The number of hydrogen-bond acceptors (Lipinski definition) is 5. The molecular weight excluding hydrogens is 244 g/mol. The van der Waals surface area contributed by atoms with E-state index >= 15 is 0 Å². The molecule has 4 nitrogen and oxygen atoms in total. The minimum absolute atomic E-state index is 0.323. The van der Waals surface area contributed by atoms with Gasteiger partial charge in [-0.2, -0.15) is 5.26 Å². The number of nitriles is 1. The lowest BCUT2D eigenvalue weighted by molar-refractivity contribution is 0.604. The fraction of sp³-hybridized carbons (Fsp3) is 0.231. The van der Waals surface area contributed by atoms with E-state index in [0.717, 1.165) is 10.7 Å². The van der Waals surface area contributed by atoms with Crippen molar-refractivity contribution in [3.63, 3.8) is 0 Å². The quantitative estimate of drug-likeness (QED) is 0.830. The Morgan fingerprint density at radius 2 is 2.22 bits per heavy atom. The fourth-order valence-corrected chi connectivity index (χ4v) is 2.41. The number of benzene rings is 1. The van der Waals surface area contributed by atoms with Crippen molar-refractivity contribution >= 4 is 22.7 Å². The van der Waals surface area contributed by atoms with Crippen molar-refractivity contribution in [1.82, 2.24) is 4.98 Å². The lowest BCUT2D eigenvalue weighted by Gasteiger charge is -2.26. The number of nitrogen functional groups attached to an aromatic ring is 1. The van der Waals surface area contributed by atoms with E-state index in [1.165, 1.54) is 0 Å². The molecule has 1 aromatic carbocycles. The molecule has 92 valence electrons. The molecule has 3 N–H and O–H groups in total. The van der Waals surface area contributed by atoms with Gasteiger partial charge in [0, 0.05) is 11.6 Å². The average Bonchev–Trinajstić information content (AvgIpc) is 2.86. The summed E-state index contributed by atoms with van der Waals surface area (Å²) in [5.41, 5.74) is 7.35. The maximum Gasteiger partial charge on any atom is 0.117 e. The first-order chi connectivity index (χ1) is 8.54. The van der Waals surface area contributed by atoms with Crippen molar-refractivity contribution < 1.29 is 0 Å². The number of thiazole rings is 1. The standard InChI is InChI=1S/C13H14N4S/c1-13(2,12-16-6-7-18-12)17-10-5-3-4-9(8-14)11(10)15/h3-7,17H,15H2,1-2H3. The summed E-state index contributed by atoms with van der Waals surface area (Å²) in [6.07, 6.45) is 1.78. The molecule has 0 fully saturated rings. The minimum Gasteiger partial charge on any atom is -0.396 e. The van der Waals surface area contributed by atoms with Gasteiger partial charge in [0.25, 0.3) is 0 Å². The van der Waals surface area contributed by atoms with Gasteiger partial charge in [0.15, 0.2) is 0 Å². The first-order valence-corrected chi connectivity index (χ1v) is 6.39. The molecule has 0 aliphatic carbocycles. The Hall–Kier alpha value is -2.06. The second kappa shape index (κ2) is 4.67. The minimum atomic E-state index is -0.323. The highest BCUT2D eigenvalue weighted by Gasteiger charge is 2.24. The summed E-state index contributed by atoms with van der Waals surface area (Å²) < 4.78 is 0. The van der Waals surface area contributed by atoms with Gasteiger partial charge in [-0.1, -0.05) is 6.07 Å². The van der Waals surface area contributed by atoms with Crippen LogP contribution in [0.25, 0.3) is 0 Å². The lowest BCUT2D eigenvalue weighted by Crippen LogP contribution is -2.28. The van der Waals surface area contributed by atoms with E-state index in [1.54, 1.807) is 23.6 Å². The van der Waals surface area contributed by atoms with Gasteiger partial charge in [0.05, 0.1) is 22.5 Å². The summed E-state index contributed by atoms with van der Waals surface area (Å²) in [7, 11) is 0. The topological polar surface area (TPSA) is 74.7 Å². The molecule has 0 saturated carbocycles. The van der Waals surface area contributed by atoms with E-state index in [-0.39, 0.29) is 5.54 Å². The molecule has 5 heteroatoms. The molecule has 1 aromatic heterocycles. The molecule has 1 heterocycles. The molecule has 0 bridgehead atoms. The molecule has 0 radical (unpaired) electrons. The third kappa shape index (κ3) is 2.29. The van der Waals surface area contributed by atoms with E-state index in [1.807, 2.05) is 31.4 Å². The number of nitrogens with one attached hydrogen (secondary N) is 1. The Balaban J connectivity index is 2.33. The van der Waals surface area contributed by atoms with Crippen molar-refractivity contribution in [1.29, 1.82) is 5.26 Å². The van der Waals surface area contributed by atoms with E-state index in [0.29, 0.717) is 11.3 Å². The zero-order chi connectivity index (χ0) is 13.2. The molecule has 0 spiro atoms.